The first kappa shape index (κ1) is 15.0. The van der Waals surface area contributed by atoms with Gasteiger partial charge in [-0.15, -0.1) is 0 Å². The molecule has 0 unspecified atom stereocenters. The lowest BCUT2D eigenvalue weighted by Crippen LogP contribution is -2.30. The van der Waals surface area contributed by atoms with Crippen LogP contribution in [0.15, 0.2) is 24.3 Å². The molecule has 0 aliphatic rings. The van der Waals surface area contributed by atoms with Crippen molar-refractivity contribution in [3.05, 3.63) is 24.3 Å². The minimum atomic E-state index is -0.493. The van der Waals surface area contributed by atoms with Gasteiger partial charge in [-0.3, -0.25) is 4.79 Å². The number of hydrogen-bond donors (Lipinski definition) is 2. The van der Waals surface area contributed by atoms with Crippen molar-refractivity contribution in [2.45, 2.75) is 27.2 Å². The minimum absolute atomic E-state index is 0.0820. The third-order valence-electron chi connectivity index (χ3n) is 2.30. The van der Waals surface area contributed by atoms with Crippen LogP contribution in [0, 0.1) is 5.92 Å². The Morgan fingerprint density at radius 2 is 2.05 bits per heavy atom. The van der Waals surface area contributed by atoms with E-state index in [1.54, 1.807) is 31.2 Å². The second-order valence-corrected chi connectivity index (χ2v) is 4.59. The third kappa shape index (κ3) is 5.90. The van der Waals surface area contributed by atoms with Gasteiger partial charge < -0.3 is 15.4 Å². The first-order valence-electron chi connectivity index (χ1n) is 6.37. The highest BCUT2D eigenvalue weighted by atomic mass is 16.6. The summed E-state index contributed by atoms with van der Waals surface area (Å²) in [4.78, 5) is 22.7. The summed E-state index contributed by atoms with van der Waals surface area (Å²) in [6, 6.07) is 6.74. The molecule has 5 heteroatoms. The smallest absolute Gasteiger partial charge is 0.410 e. The Balaban J connectivity index is 2.56. The molecule has 0 bridgehead atoms. The minimum Gasteiger partial charge on any atom is -0.410 e. The molecule has 0 saturated carbocycles. The van der Waals surface area contributed by atoms with Crippen molar-refractivity contribution in [3.63, 3.8) is 0 Å². The molecule has 0 atom stereocenters. The Morgan fingerprint density at radius 3 is 2.68 bits per heavy atom. The molecule has 0 spiro atoms. The number of carbonyl (C=O) groups excluding carboxylic acids is 2. The molecule has 0 saturated heterocycles. The molecule has 0 aliphatic heterocycles. The second-order valence-electron chi connectivity index (χ2n) is 4.59. The molecule has 0 aromatic heterocycles. The van der Waals surface area contributed by atoms with E-state index in [2.05, 4.69) is 10.6 Å². The van der Waals surface area contributed by atoms with E-state index in [0.717, 1.165) is 0 Å². The van der Waals surface area contributed by atoms with Crippen LogP contribution in [0.2, 0.25) is 0 Å². The normalized spacial score (nSPS) is 10.1. The summed E-state index contributed by atoms with van der Waals surface area (Å²) < 4.78 is 5.12. The first-order valence-corrected chi connectivity index (χ1v) is 6.37. The number of benzene rings is 1. The predicted octanol–water partition coefficient (Wildman–Crippen LogP) is 2.78. The molecule has 2 amide bonds. The predicted molar refractivity (Wildman–Crippen MR) is 74.2 cm³/mol. The molecule has 1 aromatic rings. The molecule has 0 radical (unpaired) electrons. The lowest BCUT2D eigenvalue weighted by Gasteiger charge is -2.09. The summed E-state index contributed by atoms with van der Waals surface area (Å²) in [6.07, 6.45) is -0.0902. The maximum absolute atomic E-state index is 11.5. The summed E-state index contributed by atoms with van der Waals surface area (Å²) in [5.74, 6) is 0.680. The van der Waals surface area contributed by atoms with Crippen molar-refractivity contribution < 1.29 is 14.3 Å². The van der Waals surface area contributed by atoms with Crippen LogP contribution in [0.25, 0.3) is 0 Å². The largest absolute Gasteiger partial charge is 0.412 e. The monoisotopic (exact) mass is 264 g/mol. The highest BCUT2D eigenvalue weighted by Gasteiger charge is 2.06. The molecule has 0 fully saturated rings. The molecular formula is C14H20N2O3. The standard InChI is InChI=1S/C14H20N2O3/c1-4-13(17)16-11-6-5-7-12(8-11)19-14(18)15-9-10(2)3/h5-8,10H,4,9H2,1-3H3,(H,15,18)(H,16,17). The van der Waals surface area contributed by atoms with Gasteiger partial charge in [0.25, 0.3) is 0 Å². The van der Waals surface area contributed by atoms with Gasteiger partial charge in [-0.2, -0.15) is 0 Å². The lowest BCUT2D eigenvalue weighted by atomic mass is 10.2. The Labute approximate surface area is 113 Å². The van der Waals surface area contributed by atoms with Crippen molar-refractivity contribution in [2.24, 2.45) is 5.92 Å². The first-order chi connectivity index (χ1) is 9.01. The lowest BCUT2D eigenvalue weighted by molar-refractivity contribution is -0.115. The average Bonchev–Trinajstić information content (AvgIpc) is 2.36. The molecule has 0 aliphatic carbocycles. The van der Waals surface area contributed by atoms with Crippen LogP contribution in [0.3, 0.4) is 0 Å². The highest BCUT2D eigenvalue weighted by Crippen LogP contribution is 2.17. The number of carbonyl (C=O) groups is 2. The van der Waals surface area contributed by atoms with Crippen LogP contribution in [0.1, 0.15) is 27.2 Å². The number of hydrogen-bond acceptors (Lipinski definition) is 3. The molecule has 2 N–H and O–H groups in total. The molecule has 0 heterocycles. The number of amides is 2. The summed E-state index contributed by atoms with van der Waals surface area (Å²) in [7, 11) is 0. The Kier molecular flexibility index (Phi) is 5.85. The van der Waals surface area contributed by atoms with E-state index < -0.39 is 6.09 Å². The van der Waals surface area contributed by atoms with Crippen LogP contribution >= 0.6 is 0 Å². The van der Waals surface area contributed by atoms with Crippen LogP contribution in [-0.2, 0) is 4.79 Å². The van der Waals surface area contributed by atoms with Crippen molar-refractivity contribution in [2.75, 3.05) is 11.9 Å². The van der Waals surface area contributed by atoms with Gasteiger partial charge in [-0.1, -0.05) is 26.8 Å². The summed E-state index contributed by atoms with van der Waals surface area (Å²) >= 11 is 0. The van der Waals surface area contributed by atoms with Gasteiger partial charge in [0.1, 0.15) is 5.75 Å². The molecule has 1 rings (SSSR count). The van der Waals surface area contributed by atoms with E-state index in [4.69, 9.17) is 4.74 Å². The van der Waals surface area contributed by atoms with Crippen LogP contribution < -0.4 is 15.4 Å². The molecule has 104 valence electrons. The molecular weight excluding hydrogens is 244 g/mol. The maximum Gasteiger partial charge on any atom is 0.412 e. The number of rotatable bonds is 5. The average molecular weight is 264 g/mol. The maximum atomic E-state index is 11.5. The zero-order valence-electron chi connectivity index (χ0n) is 11.5. The topological polar surface area (TPSA) is 67.4 Å². The summed E-state index contributed by atoms with van der Waals surface area (Å²) in [5.41, 5.74) is 0.612. The van der Waals surface area contributed by atoms with Crippen molar-refractivity contribution in [1.82, 2.24) is 5.32 Å². The molecule has 5 nitrogen and oxygen atoms in total. The SMILES string of the molecule is CCC(=O)Nc1cccc(OC(=O)NCC(C)C)c1. The fraction of sp³-hybridized carbons (Fsp3) is 0.429. The van der Waals surface area contributed by atoms with E-state index >= 15 is 0 Å². The van der Waals surface area contributed by atoms with E-state index in [1.807, 2.05) is 13.8 Å². The molecule has 19 heavy (non-hydrogen) atoms. The van der Waals surface area contributed by atoms with E-state index in [-0.39, 0.29) is 5.91 Å². The van der Waals surface area contributed by atoms with E-state index in [9.17, 15) is 9.59 Å². The van der Waals surface area contributed by atoms with Gasteiger partial charge in [-0.25, -0.2) is 4.79 Å². The van der Waals surface area contributed by atoms with Gasteiger partial charge in [-0.05, 0) is 18.1 Å². The quantitative estimate of drug-likeness (QED) is 0.859. The fourth-order valence-corrected chi connectivity index (χ4v) is 1.32. The number of ether oxygens (including phenoxy) is 1. The van der Waals surface area contributed by atoms with Gasteiger partial charge >= 0.3 is 6.09 Å². The van der Waals surface area contributed by atoms with Gasteiger partial charge in [0.15, 0.2) is 0 Å². The van der Waals surface area contributed by atoms with Crippen molar-refractivity contribution in [3.8, 4) is 5.75 Å². The van der Waals surface area contributed by atoms with Gasteiger partial charge in [0.05, 0.1) is 0 Å². The van der Waals surface area contributed by atoms with E-state index in [0.29, 0.717) is 30.3 Å². The Bertz CT molecular complexity index is 444. The van der Waals surface area contributed by atoms with Crippen LogP contribution in [0.4, 0.5) is 10.5 Å². The number of nitrogens with one attached hydrogen (secondary N) is 2. The highest BCUT2D eigenvalue weighted by molar-refractivity contribution is 5.90. The summed E-state index contributed by atoms with van der Waals surface area (Å²) in [5, 5.41) is 5.36. The van der Waals surface area contributed by atoms with Crippen molar-refractivity contribution in [1.29, 1.82) is 0 Å². The van der Waals surface area contributed by atoms with E-state index in [1.165, 1.54) is 0 Å². The van der Waals surface area contributed by atoms with Crippen LogP contribution in [0.5, 0.6) is 5.75 Å². The van der Waals surface area contributed by atoms with Gasteiger partial charge in [0.2, 0.25) is 5.91 Å². The van der Waals surface area contributed by atoms with Crippen LogP contribution in [-0.4, -0.2) is 18.5 Å². The summed E-state index contributed by atoms with van der Waals surface area (Å²) in [6.45, 7) is 6.34. The zero-order chi connectivity index (χ0) is 14.3. The third-order valence-corrected chi connectivity index (χ3v) is 2.30. The van der Waals surface area contributed by atoms with Gasteiger partial charge in [0, 0.05) is 24.7 Å². The Morgan fingerprint density at radius 1 is 1.32 bits per heavy atom. The molecule has 1 aromatic carbocycles. The van der Waals surface area contributed by atoms with Crippen molar-refractivity contribution >= 4 is 17.7 Å². The number of anilines is 1. The Hall–Kier alpha value is -2.04. The second kappa shape index (κ2) is 7.41. The zero-order valence-corrected chi connectivity index (χ0v) is 11.5. The fourth-order valence-electron chi connectivity index (χ4n) is 1.32.